The van der Waals surface area contributed by atoms with Gasteiger partial charge in [-0.3, -0.25) is 4.18 Å². The molecule has 2 atom stereocenters. The van der Waals surface area contributed by atoms with Crippen LogP contribution in [-0.2, 0) is 29.1 Å². The van der Waals surface area contributed by atoms with E-state index in [1.165, 1.54) is 0 Å². The first-order valence-corrected chi connectivity index (χ1v) is 8.10. The van der Waals surface area contributed by atoms with E-state index in [1.54, 1.807) is 0 Å². The average Bonchev–Trinajstić information content (AvgIpc) is 2.50. The van der Waals surface area contributed by atoms with Crippen molar-refractivity contribution in [1.82, 2.24) is 4.41 Å². The van der Waals surface area contributed by atoms with Crippen LogP contribution in [0.3, 0.4) is 0 Å². The summed E-state index contributed by atoms with van der Waals surface area (Å²) in [4.78, 5) is 11.2. The molecule has 2 N–H and O–H groups in total. The van der Waals surface area contributed by atoms with Crippen LogP contribution in [0.15, 0.2) is 0 Å². The average molecular weight is 342 g/mol. The van der Waals surface area contributed by atoms with Crippen LogP contribution < -0.4 is 5.84 Å². The summed E-state index contributed by atoms with van der Waals surface area (Å²) in [5.74, 6) is 3.53. The molecule has 1 rings (SSSR count). The third-order valence-corrected chi connectivity index (χ3v) is 4.17. The summed E-state index contributed by atoms with van der Waals surface area (Å²) in [7, 11) is -8.80. The lowest BCUT2D eigenvalue weighted by atomic mass is 10.2. The summed E-state index contributed by atoms with van der Waals surface area (Å²) in [6.07, 6.45) is -11.6. The van der Waals surface area contributed by atoms with Gasteiger partial charge < -0.3 is 4.74 Å². The standard InChI is InChI=1S/C6H9F3N2O7S2/c1-19(13,14)11(10)5(12)17-3-2-20(15,16)18-4(3)6(7,8)9/h3-4H,2,10H2,1H3. The fourth-order valence-electron chi connectivity index (χ4n) is 1.23. The number of nitrogens with two attached hydrogens (primary N) is 1. The van der Waals surface area contributed by atoms with Gasteiger partial charge in [0.1, 0.15) is 5.75 Å². The molecular formula is C6H9F3N2O7S2. The van der Waals surface area contributed by atoms with Crippen molar-refractivity contribution in [2.24, 2.45) is 5.84 Å². The zero-order chi connectivity index (χ0) is 15.9. The highest BCUT2D eigenvalue weighted by atomic mass is 32.2. The Balaban J connectivity index is 2.93. The molecule has 0 aliphatic carbocycles. The highest BCUT2D eigenvalue weighted by Gasteiger charge is 2.56. The Morgan fingerprint density at radius 1 is 1.45 bits per heavy atom. The summed E-state index contributed by atoms with van der Waals surface area (Å²) in [5, 5.41) is 0. The van der Waals surface area contributed by atoms with Crippen LogP contribution in [0.25, 0.3) is 0 Å². The molecule has 1 saturated heterocycles. The maximum Gasteiger partial charge on any atom is 0.438 e. The second kappa shape index (κ2) is 5.01. The number of hydrogen-bond acceptors (Lipinski definition) is 8. The molecule has 1 heterocycles. The van der Waals surface area contributed by atoms with Gasteiger partial charge in [-0.05, 0) is 0 Å². The van der Waals surface area contributed by atoms with E-state index < -0.39 is 54.8 Å². The van der Waals surface area contributed by atoms with Crippen LogP contribution in [0, 0.1) is 0 Å². The summed E-state index contributed by atoms with van der Waals surface area (Å²) in [6, 6.07) is 0. The van der Waals surface area contributed by atoms with E-state index in [1.807, 2.05) is 0 Å². The Kier molecular flexibility index (Phi) is 4.24. The van der Waals surface area contributed by atoms with Crippen molar-refractivity contribution in [2.45, 2.75) is 18.4 Å². The fraction of sp³-hybridized carbons (Fsp3) is 0.833. The highest BCUT2D eigenvalue weighted by Crippen LogP contribution is 2.33. The molecule has 9 nitrogen and oxygen atoms in total. The lowest BCUT2D eigenvalue weighted by Gasteiger charge is -2.21. The van der Waals surface area contributed by atoms with E-state index >= 15 is 0 Å². The first-order chi connectivity index (χ1) is 8.74. The SMILES string of the molecule is CS(=O)(=O)N(N)C(=O)OC1CS(=O)(=O)OC1C(F)(F)F. The summed E-state index contributed by atoms with van der Waals surface area (Å²) >= 11 is 0. The van der Waals surface area contributed by atoms with Gasteiger partial charge in [0.25, 0.3) is 20.1 Å². The summed E-state index contributed by atoms with van der Waals surface area (Å²) < 4.78 is 88.6. The molecule has 0 bridgehead atoms. The predicted octanol–water partition coefficient (Wildman–Crippen LogP) is -1.08. The molecule has 0 spiro atoms. The van der Waals surface area contributed by atoms with E-state index in [2.05, 4.69) is 8.92 Å². The van der Waals surface area contributed by atoms with E-state index in [9.17, 15) is 34.8 Å². The van der Waals surface area contributed by atoms with Gasteiger partial charge in [0.2, 0.25) is 6.10 Å². The number of hydrogen-bond donors (Lipinski definition) is 1. The molecule has 118 valence electrons. The van der Waals surface area contributed by atoms with Gasteiger partial charge in [0.05, 0.1) is 6.26 Å². The number of hydrazine groups is 1. The van der Waals surface area contributed by atoms with Crippen LogP contribution in [-0.4, -0.2) is 57.7 Å². The minimum atomic E-state index is -5.13. The molecule has 1 fully saturated rings. The van der Waals surface area contributed by atoms with Gasteiger partial charge in [-0.1, -0.05) is 0 Å². The number of rotatable bonds is 2. The molecule has 1 aliphatic rings. The molecule has 14 heteroatoms. The molecule has 0 aromatic carbocycles. The zero-order valence-electron chi connectivity index (χ0n) is 9.69. The smallest absolute Gasteiger partial charge is 0.438 e. The Hall–Kier alpha value is -1.12. The van der Waals surface area contributed by atoms with Gasteiger partial charge in [-0.25, -0.2) is 19.1 Å². The molecule has 1 aliphatic heterocycles. The second-order valence-electron chi connectivity index (χ2n) is 3.76. The van der Waals surface area contributed by atoms with Crippen LogP contribution >= 0.6 is 0 Å². The lowest BCUT2D eigenvalue weighted by molar-refractivity contribution is -0.209. The minimum Gasteiger partial charge on any atom is -0.440 e. The monoisotopic (exact) mass is 342 g/mol. The van der Waals surface area contributed by atoms with E-state index in [-0.39, 0.29) is 0 Å². The highest BCUT2D eigenvalue weighted by molar-refractivity contribution is 7.88. The van der Waals surface area contributed by atoms with Crippen molar-refractivity contribution in [2.75, 3.05) is 12.0 Å². The molecule has 20 heavy (non-hydrogen) atoms. The van der Waals surface area contributed by atoms with E-state index in [4.69, 9.17) is 5.84 Å². The Bertz CT molecular complexity index is 599. The fourth-order valence-corrected chi connectivity index (χ4v) is 2.81. The van der Waals surface area contributed by atoms with Crippen LogP contribution in [0.4, 0.5) is 18.0 Å². The van der Waals surface area contributed by atoms with Gasteiger partial charge >= 0.3 is 12.3 Å². The summed E-state index contributed by atoms with van der Waals surface area (Å²) in [5.41, 5.74) is 0. The van der Waals surface area contributed by atoms with Crippen LogP contribution in [0.2, 0.25) is 0 Å². The van der Waals surface area contributed by atoms with Gasteiger partial charge in [-0.2, -0.15) is 21.6 Å². The first kappa shape index (κ1) is 16.9. The predicted molar refractivity (Wildman–Crippen MR) is 55.9 cm³/mol. The molecule has 0 saturated carbocycles. The first-order valence-electron chi connectivity index (χ1n) is 4.67. The van der Waals surface area contributed by atoms with Gasteiger partial charge in [0, 0.05) is 0 Å². The van der Waals surface area contributed by atoms with Crippen molar-refractivity contribution < 1.29 is 43.7 Å². The van der Waals surface area contributed by atoms with Gasteiger partial charge in [0.15, 0.2) is 6.10 Å². The number of alkyl halides is 3. The number of amides is 1. The van der Waals surface area contributed by atoms with Crippen molar-refractivity contribution in [3.63, 3.8) is 0 Å². The third kappa shape index (κ3) is 3.94. The summed E-state index contributed by atoms with van der Waals surface area (Å²) in [6.45, 7) is 0. The maximum absolute atomic E-state index is 12.5. The number of ether oxygens (including phenoxy) is 1. The molecule has 0 aromatic heterocycles. The lowest BCUT2D eigenvalue weighted by Crippen LogP contribution is -2.47. The van der Waals surface area contributed by atoms with Crippen molar-refractivity contribution >= 4 is 26.2 Å². The number of halogens is 3. The topological polar surface area (TPSA) is 133 Å². The molecule has 2 unspecified atom stereocenters. The van der Waals surface area contributed by atoms with Crippen molar-refractivity contribution in [3.8, 4) is 0 Å². The quantitative estimate of drug-likeness (QED) is 0.290. The van der Waals surface area contributed by atoms with Gasteiger partial charge in [-0.15, -0.1) is 4.41 Å². The Morgan fingerprint density at radius 3 is 2.35 bits per heavy atom. The molecule has 0 aromatic rings. The van der Waals surface area contributed by atoms with Crippen molar-refractivity contribution in [3.05, 3.63) is 0 Å². The maximum atomic E-state index is 12.5. The molecule has 1 amide bonds. The van der Waals surface area contributed by atoms with Crippen LogP contribution in [0.5, 0.6) is 0 Å². The third-order valence-electron chi connectivity index (χ3n) is 2.07. The minimum absolute atomic E-state index is 0.453. The van der Waals surface area contributed by atoms with Crippen LogP contribution in [0.1, 0.15) is 0 Å². The zero-order valence-corrected chi connectivity index (χ0v) is 11.3. The number of nitrogens with zero attached hydrogens (tertiary/aromatic N) is 1. The normalized spacial score (nSPS) is 26.2. The van der Waals surface area contributed by atoms with Crippen molar-refractivity contribution in [1.29, 1.82) is 0 Å². The molecule has 0 radical (unpaired) electrons. The number of sulfonamides is 1. The Labute approximate surface area is 111 Å². The second-order valence-corrected chi connectivity index (χ2v) is 7.26. The molecular weight excluding hydrogens is 333 g/mol. The van der Waals surface area contributed by atoms with E-state index in [0.29, 0.717) is 6.26 Å². The van der Waals surface area contributed by atoms with E-state index in [0.717, 1.165) is 0 Å². The largest absolute Gasteiger partial charge is 0.440 e. The Morgan fingerprint density at radius 2 is 1.95 bits per heavy atom. The number of carbonyl (C=O) groups is 1. The number of carbonyl (C=O) groups excluding carboxylic acids is 1.